The molecule has 75 heavy (non-hydrogen) atoms. The van der Waals surface area contributed by atoms with E-state index in [1.807, 2.05) is 0 Å². The zero-order valence-corrected chi connectivity index (χ0v) is 42.3. The Bertz CT molecular complexity index is 3130. The van der Waals surface area contributed by atoms with Crippen LogP contribution in [-0.4, -0.2) is 176 Å². The van der Waals surface area contributed by atoms with Crippen LogP contribution in [0.15, 0.2) is 45.8 Å². The number of H-pyrrole nitrogens is 2. The molecule has 7 heterocycles. The summed E-state index contributed by atoms with van der Waals surface area (Å²) >= 11 is 0. The van der Waals surface area contributed by atoms with Gasteiger partial charge in [0.2, 0.25) is 11.9 Å². The summed E-state index contributed by atoms with van der Waals surface area (Å²) in [7, 11) is -20.0. The molecule has 16 unspecified atom stereocenters. The molecule has 38 nitrogen and oxygen atoms in total. The predicted octanol–water partition coefficient (Wildman–Crippen LogP) is -3.60. The van der Waals surface area contributed by atoms with Gasteiger partial charge in [-0.1, -0.05) is 6.58 Å². The molecule has 0 aromatic carbocycles. The van der Waals surface area contributed by atoms with E-state index in [1.165, 1.54) is 7.05 Å². The lowest BCUT2D eigenvalue weighted by atomic mass is 10.1. The molecule has 0 amide bonds. The van der Waals surface area contributed by atoms with Crippen LogP contribution in [-0.2, 0) is 68.7 Å². The summed E-state index contributed by atoms with van der Waals surface area (Å²) in [6.45, 7) is 0.227. The zero-order chi connectivity index (χ0) is 55.1. The van der Waals surface area contributed by atoms with E-state index < -0.39 is 142 Å². The van der Waals surface area contributed by atoms with Gasteiger partial charge in [-0.05, 0) is 6.07 Å². The number of nitrogens with zero attached hydrogens (tertiary/aromatic N) is 7. The molecule has 4 aromatic heterocycles. The topological polar surface area (TPSA) is 549 Å². The lowest BCUT2D eigenvalue weighted by Crippen LogP contribution is -2.43. The van der Waals surface area contributed by atoms with E-state index in [9.17, 15) is 67.5 Å². The van der Waals surface area contributed by atoms with Gasteiger partial charge in [-0.3, -0.25) is 46.8 Å². The van der Waals surface area contributed by atoms with Gasteiger partial charge in [0.1, 0.15) is 66.4 Å². The average molecular weight is 1150 g/mol. The minimum absolute atomic E-state index is 0.147. The second kappa shape index (κ2) is 22.6. The molecule has 4 aromatic rings. The highest BCUT2D eigenvalue weighted by Gasteiger charge is 2.54. The average Bonchev–Trinajstić information content (AvgIpc) is 4.05. The molecule has 3 fully saturated rings. The summed E-state index contributed by atoms with van der Waals surface area (Å²) in [6.07, 6.45) is -16.8. The number of nitrogen functional groups attached to an aromatic ring is 3. The number of rotatable bonds is 23. The van der Waals surface area contributed by atoms with Crippen molar-refractivity contribution in [3.63, 3.8) is 0 Å². The van der Waals surface area contributed by atoms with Crippen molar-refractivity contribution in [1.29, 1.82) is 0 Å². The van der Waals surface area contributed by atoms with Crippen LogP contribution in [0.3, 0.4) is 0 Å². The molecule has 7 rings (SSSR count). The maximum atomic E-state index is 13.6. The fourth-order valence-electron chi connectivity index (χ4n) is 7.88. The van der Waals surface area contributed by atoms with Crippen molar-refractivity contribution >= 4 is 71.7 Å². The first kappa shape index (κ1) is 57.7. The van der Waals surface area contributed by atoms with Gasteiger partial charge in [0.15, 0.2) is 35.7 Å². The highest BCUT2D eigenvalue weighted by atomic mass is 31.3. The summed E-state index contributed by atoms with van der Waals surface area (Å²) < 4.78 is 111. The third kappa shape index (κ3) is 12.7. The number of anilines is 5. The number of imidazole rings is 1. The standard InChI is InChI=1S/C33H49N13O25P4/c1-5-44(24-16(37-2)26(50)42-31(35)40-24)29-20(49)21(61-3)13(67-29)9-64-73(55,56)70-75(59,60)71-74(57,58)65-10-14-22(23(62-4)30(68-14)45-7-6-15(34)39-33(45)52)69-72(53,54)63-8-12-18(47)19(48)28(66-12)46-11-38-17-25(46)41-32(36)43-27(17)51/h5-7,11-14,18-23,28-30,37,47-49H,1,8-10H2,2-4H3,(H,53,54)(H,55,56)(H,57,58)(H,59,60)(H2,34,39,52)(H3,35,40,42,50)(H3,36,41,43,51). The molecule has 0 bridgehead atoms. The first-order chi connectivity index (χ1) is 35.1. The second-order valence-electron chi connectivity index (χ2n) is 15.9. The van der Waals surface area contributed by atoms with Gasteiger partial charge in [0.05, 0.1) is 26.1 Å². The normalized spacial score (nSPS) is 30.1. The van der Waals surface area contributed by atoms with Crippen LogP contribution in [0.5, 0.6) is 0 Å². The molecule has 16 atom stereocenters. The minimum Gasteiger partial charge on any atom is -0.387 e. The van der Waals surface area contributed by atoms with Gasteiger partial charge in [-0.25, -0.2) is 28.0 Å². The van der Waals surface area contributed by atoms with Crippen LogP contribution in [0.1, 0.15) is 12.5 Å². The van der Waals surface area contributed by atoms with Crippen molar-refractivity contribution in [2.24, 2.45) is 0 Å². The van der Waals surface area contributed by atoms with Gasteiger partial charge in [-0.15, -0.1) is 0 Å². The Morgan fingerprint density at radius 2 is 1.32 bits per heavy atom. The maximum Gasteiger partial charge on any atom is 0.490 e. The number of aromatic nitrogens is 8. The summed E-state index contributed by atoms with van der Waals surface area (Å²) in [5.74, 6) is -1.10. The number of aliphatic hydroxyl groups excluding tert-OH is 3. The third-order valence-electron chi connectivity index (χ3n) is 11.1. The molecule has 3 aliphatic rings. The number of aliphatic hydroxyl groups is 3. The lowest BCUT2D eigenvalue weighted by Gasteiger charge is -2.29. The smallest absolute Gasteiger partial charge is 0.387 e. The number of hydrogen-bond donors (Lipinski definition) is 13. The number of nitrogens with one attached hydrogen (secondary N) is 3. The van der Waals surface area contributed by atoms with Crippen molar-refractivity contribution < 1.29 is 104 Å². The number of aromatic amines is 2. The van der Waals surface area contributed by atoms with E-state index in [-0.39, 0.29) is 40.4 Å². The lowest BCUT2D eigenvalue weighted by molar-refractivity contribution is -0.0619. The van der Waals surface area contributed by atoms with Crippen molar-refractivity contribution in [1.82, 2.24) is 39.0 Å². The first-order valence-electron chi connectivity index (χ1n) is 21.1. The van der Waals surface area contributed by atoms with E-state index in [2.05, 4.69) is 50.4 Å². The first-order valence-corrected chi connectivity index (χ1v) is 27.1. The molecule has 0 saturated carbocycles. The van der Waals surface area contributed by atoms with Gasteiger partial charge in [0, 0.05) is 33.7 Å². The van der Waals surface area contributed by atoms with E-state index in [4.69, 9.17) is 59.0 Å². The summed E-state index contributed by atoms with van der Waals surface area (Å²) in [4.78, 5) is 101. The summed E-state index contributed by atoms with van der Waals surface area (Å²) in [5, 5.41) is 35.3. The van der Waals surface area contributed by atoms with E-state index >= 15 is 0 Å². The monoisotopic (exact) mass is 1150 g/mol. The zero-order valence-electron chi connectivity index (χ0n) is 38.7. The Kier molecular flexibility index (Phi) is 17.4. The van der Waals surface area contributed by atoms with Crippen molar-refractivity contribution in [2.45, 2.75) is 73.6 Å². The Labute approximate surface area is 418 Å². The van der Waals surface area contributed by atoms with E-state index in [0.717, 1.165) is 53.0 Å². The highest BCUT2D eigenvalue weighted by Crippen LogP contribution is 2.68. The summed E-state index contributed by atoms with van der Waals surface area (Å²) in [6, 6.07) is 1.14. The minimum atomic E-state index is -6.21. The van der Waals surface area contributed by atoms with Crippen LogP contribution >= 0.6 is 31.3 Å². The number of phosphoric ester groups is 3. The molecule has 16 N–H and O–H groups in total. The van der Waals surface area contributed by atoms with Crippen LogP contribution in [0.2, 0.25) is 0 Å². The number of hydrogen-bond acceptors (Lipinski definition) is 30. The van der Waals surface area contributed by atoms with Crippen molar-refractivity contribution in [3.05, 3.63) is 62.6 Å². The number of fused-ring (bicyclic) bond motifs is 1. The Balaban J connectivity index is 1.01. The van der Waals surface area contributed by atoms with Crippen molar-refractivity contribution in [3.8, 4) is 0 Å². The Morgan fingerprint density at radius 3 is 1.92 bits per heavy atom. The molecule has 3 saturated heterocycles. The third-order valence-corrected chi connectivity index (χ3v) is 16.3. The Hall–Kier alpha value is -4.95. The SMILES string of the molecule is C=CN(c1nc(N)[nH]c(=O)c1NC)C1OC(COP(=O)(O)OP(=O)(O)OP(=O)(O)OCC2OC(n3ccc(N)nc3=O)C(OC)C2OP(=O)(O)OCC2OC(n3cnc4c(=O)[nH]c(N)nc43)C(O)C2O)C(OC)C1O. The number of methoxy groups -OCH3 is 2. The predicted molar refractivity (Wildman–Crippen MR) is 247 cm³/mol. The van der Waals surface area contributed by atoms with Crippen LogP contribution in [0.4, 0.5) is 29.2 Å². The molecule has 0 spiro atoms. The molecule has 0 aliphatic carbocycles. The van der Waals surface area contributed by atoms with Crippen LogP contribution < -0.4 is 44.2 Å². The quantitative estimate of drug-likeness (QED) is 0.0319. The van der Waals surface area contributed by atoms with Crippen LogP contribution in [0, 0.1) is 0 Å². The van der Waals surface area contributed by atoms with Crippen LogP contribution in [0.25, 0.3) is 11.2 Å². The summed E-state index contributed by atoms with van der Waals surface area (Å²) in [5.41, 5.74) is 13.9. The van der Waals surface area contributed by atoms with E-state index in [0.29, 0.717) is 0 Å². The fourth-order valence-corrected chi connectivity index (χ4v) is 12.4. The number of nitrogens with two attached hydrogens (primary N) is 3. The molecule has 416 valence electrons. The van der Waals surface area contributed by atoms with Gasteiger partial charge < -0.3 is 86.0 Å². The maximum absolute atomic E-state index is 13.6. The molecule has 3 aliphatic heterocycles. The van der Waals surface area contributed by atoms with E-state index in [1.54, 1.807) is 0 Å². The van der Waals surface area contributed by atoms with Crippen molar-refractivity contribution in [2.75, 3.05) is 68.5 Å². The van der Waals surface area contributed by atoms with Gasteiger partial charge in [-0.2, -0.15) is 23.6 Å². The molecular weight excluding hydrogens is 1100 g/mol. The molecule has 0 radical (unpaired) electrons. The van der Waals surface area contributed by atoms with Gasteiger partial charge >= 0.3 is 37.0 Å². The fraction of sp³-hybridized carbons (Fsp3) is 0.545. The molecular formula is C33H49N13O25P4. The Morgan fingerprint density at radius 1 is 0.747 bits per heavy atom. The highest BCUT2D eigenvalue weighted by molar-refractivity contribution is 7.66. The number of phosphoric acid groups is 4. The second-order valence-corrected chi connectivity index (χ2v) is 21.9. The largest absolute Gasteiger partial charge is 0.490 e. The number of ether oxygens (including phenoxy) is 5. The molecule has 42 heteroatoms. The van der Waals surface area contributed by atoms with Gasteiger partial charge in [0.25, 0.3) is 11.1 Å².